The Labute approximate surface area is 266 Å². The summed E-state index contributed by atoms with van der Waals surface area (Å²) in [4.78, 5) is 47.8. The standard InChI is InChI=1S/C29H32ClF3N8O5/c1-27(2,14-36-23(44)21(34)42)13-35-22(43)19-9-8-18(12-20(19)45-3)37-24-38-25(40-26(39-24)46-15-29(31,32)33)41-28(10-11-28)16-4-6-17(30)7-5-16/h4-9,12H,10-11,13-15H2,1-3H3,(H2,34,42)(H,35,43)(H,36,44)(H2,37,38,39,40,41). The Bertz CT molecular complexity index is 1600. The Morgan fingerprint density at radius 1 is 0.978 bits per heavy atom. The van der Waals surface area contributed by atoms with Crippen molar-refractivity contribution in [2.75, 3.05) is 37.4 Å². The second kappa shape index (κ2) is 13.6. The minimum Gasteiger partial charge on any atom is -0.496 e. The molecule has 17 heteroatoms. The fourth-order valence-electron chi connectivity index (χ4n) is 4.24. The summed E-state index contributed by atoms with van der Waals surface area (Å²) in [5.41, 5.74) is 5.21. The van der Waals surface area contributed by atoms with Crippen LogP contribution in [0.5, 0.6) is 11.8 Å². The number of benzene rings is 2. The van der Waals surface area contributed by atoms with Crippen LogP contribution in [0.15, 0.2) is 42.5 Å². The predicted molar refractivity (Wildman–Crippen MR) is 162 cm³/mol. The van der Waals surface area contributed by atoms with Crippen molar-refractivity contribution in [3.63, 3.8) is 0 Å². The van der Waals surface area contributed by atoms with Crippen LogP contribution in [0.1, 0.15) is 42.6 Å². The largest absolute Gasteiger partial charge is 0.496 e. The van der Waals surface area contributed by atoms with Crippen LogP contribution in [-0.4, -0.2) is 65.7 Å². The summed E-state index contributed by atoms with van der Waals surface area (Å²) in [5, 5.41) is 11.8. The second-order valence-corrected chi connectivity index (χ2v) is 11.8. The molecule has 0 saturated heterocycles. The van der Waals surface area contributed by atoms with Crippen LogP contribution in [0, 0.1) is 5.41 Å². The number of aromatic nitrogens is 3. The zero-order valence-electron chi connectivity index (χ0n) is 25.0. The Morgan fingerprint density at radius 2 is 1.63 bits per heavy atom. The Hall–Kier alpha value is -4.86. The van der Waals surface area contributed by atoms with Gasteiger partial charge in [-0.05, 0) is 48.1 Å². The third-order valence-corrected chi connectivity index (χ3v) is 7.11. The highest BCUT2D eigenvalue weighted by Gasteiger charge is 2.45. The number of rotatable bonds is 13. The lowest BCUT2D eigenvalue weighted by Gasteiger charge is -2.25. The monoisotopic (exact) mass is 664 g/mol. The van der Waals surface area contributed by atoms with Gasteiger partial charge in [0, 0.05) is 29.9 Å². The topological polar surface area (TPSA) is 182 Å². The number of nitrogens with two attached hydrogens (primary N) is 1. The van der Waals surface area contributed by atoms with Gasteiger partial charge in [-0.2, -0.15) is 28.1 Å². The van der Waals surface area contributed by atoms with Crippen LogP contribution < -0.4 is 36.5 Å². The summed E-state index contributed by atoms with van der Waals surface area (Å²) >= 11 is 6.02. The summed E-state index contributed by atoms with van der Waals surface area (Å²) in [6, 6.07) is 11.1. The number of primary amides is 1. The molecule has 1 saturated carbocycles. The molecule has 246 valence electrons. The molecule has 3 amide bonds. The van der Waals surface area contributed by atoms with E-state index >= 15 is 0 Å². The zero-order chi connectivity index (χ0) is 33.7. The van der Waals surface area contributed by atoms with Gasteiger partial charge in [0.05, 0.1) is 18.2 Å². The van der Waals surface area contributed by atoms with Crippen molar-refractivity contribution in [3.8, 4) is 11.8 Å². The van der Waals surface area contributed by atoms with E-state index in [2.05, 4.69) is 36.2 Å². The molecule has 1 aliphatic rings. The minimum absolute atomic E-state index is 0.0141. The first-order chi connectivity index (χ1) is 21.6. The van der Waals surface area contributed by atoms with Gasteiger partial charge in [-0.1, -0.05) is 37.6 Å². The summed E-state index contributed by atoms with van der Waals surface area (Å²) in [5.74, 6) is -2.50. The zero-order valence-corrected chi connectivity index (χ0v) is 25.8. The summed E-state index contributed by atoms with van der Waals surface area (Å²) in [6.07, 6.45) is -3.17. The molecule has 3 aromatic rings. The van der Waals surface area contributed by atoms with E-state index in [-0.39, 0.29) is 36.3 Å². The fraction of sp³-hybridized carbons (Fsp3) is 0.379. The molecule has 0 bridgehead atoms. The van der Waals surface area contributed by atoms with Crippen LogP contribution in [0.4, 0.5) is 30.8 Å². The molecule has 1 aliphatic carbocycles. The Balaban J connectivity index is 1.51. The molecule has 0 radical (unpaired) electrons. The molecule has 0 unspecified atom stereocenters. The third kappa shape index (κ3) is 9.32. The highest BCUT2D eigenvalue weighted by Crippen LogP contribution is 2.48. The molecule has 46 heavy (non-hydrogen) atoms. The Kier molecular flexibility index (Phi) is 10.1. The van der Waals surface area contributed by atoms with Crippen LogP contribution in [0.2, 0.25) is 5.02 Å². The van der Waals surface area contributed by atoms with Crippen LogP contribution >= 0.6 is 11.6 Å². The molecule has 6 N–H and O–H groups in total. The van der Waals surface area contributed by atoms with Crippen molar-refractivity contribution in [3.05, 3.63) is 58.6 Å². The van der Waals surface area contributed by atoms with Crippen LogP contribution in [-0.2, 0) is 15.1 Å². The highest BCUT2D eigenvalue weighted by molar-refractivity contribution is 6.34. The molecule has 1 fully saturated rings. The van der Waals surface area contributed by atoms with Gasteiger partial charge >= 0.3 is 24.0 Å². The number of carbonyl (C=O) groups excluding carboxylic acids is 3. The van der Waals surface area contributed by atoms with Gasteiger partial charge in [0.2, 0.25) is 11.9 Å². The highest BCUT2D eigenvalue weighted by atomic mass is 35.5. The Morgan fingerprint density at radius 3 is 2.24 bits per heavy atom. The molecule has 2 aromatic carbocycles. The fourth-order valence-corrected chi connectivity index (χ4v) is 4.37. The van der Waals surface area contributed by atoms with Gasteiger partial charge in [-0.3, -0.25) is 14.4 Å². The number of halogens is 4. The molecule has 1 aromatic heterocycles. The van der Waals surface area contributed by atoms with Gasteiger partial charge in [-0.25, -0.2) is 0 Å². The van der Waals surface area contributed by atoms with E-state index in [4.69, 9.17) is 26.8 Å². The van der Waals surface area contributed by atoms with Crippen molar-refractivity contribution in [1.82, 2.24) is 25.6 Å². The quantitative estimate of drug-likeness (QED) is 0.169. The maximum atomic E-state index is 13.0. The lowest BCUT2D eigenvalue weighted by molar-refractivity contribution is -0.154. The first-order valence-electron chi connectivity index (χ1n) is 13.9. The van der Waals surface area contributed by atoms with E-state index < -0.39 is 47.5 Å². The average molecular weight is 665 g/mol. The van der Waals surface area contributed by atoms with Crippen molar-refractivity contribution in [2.24, 2.45) is 11.1 Å². The van der Waals surface area contributed by atoms with Gasteiger partial charge < -0.3 is 36.5 Å². The van der Waals surface area contributed by atoms with Crippen LogP contribution in [0.25, 0.3) is 0 Å². The molecule has 0 aliphatic heterocycles. The molecule has 0 spiro atoms. The minimum atomic E-state index is -4.62. The summed E-state index contributed by atoms with van der Waals surface area (Å²) in [7, 11) is 1.36. The van der Waals surface area contributed by atoms with Gasteiger partial charge in [0.1, 0.15) is 5.75 Å². The van der Waals surface area contributed by atoms with Crippen molar-refractivity contribution < 1.29 is 37.0 Å². The SMILES string of the molecule is COc1cc(Nc2nc(NC3(c4ccc(Cl)cc4)CC3)nc(OCC(F)(F)F)n2)ccc1C(=O)NCC(C)(C)CNC(=O)C(N)=O. The second-order valence-electron chi connectivity index (χ2n) is 11.3. The van der Waals surface area contributed by atoms with Gasteiger partial charge in [0.15, 0.2) is 6.61 Å². The maximum absolute atomic E-state index is 13.0. The number of hydrogen-bond donors (Lipinski definition) is 5. The lowest BCUT2D eigenvalue weighted by Crippen LogP contribution is -2.45. The third-order valence-electron chi connectivity index (χ3n) is 6.86. The molecule has 13 nitrogen and oxygen atoms in total. The number of methoxy groups -OCH3 is 1. The number of alkyl halides is 3. The summed E-state index contributed by atoms with van der Waals surface area (Å²) in [6.45, 7) is 2.14. The molecule has 0 atom stereocenters. The van der Waals surface area contributed by atoms with Crippen molar-refractivity contribution in [2.45, 2.75) is 38.4 Å². The van der Waals surface area contributed by atoms with E-state index in [1.54, 1.807) is 26.0 Å². The van der Waals surface area contributed by atoms with Crippen molar-refractivity contribution in [1.29, 1.82) is 0 Å². The van der Waals surface area contributed by atoms with Crippen LogP contribution in [0.3, 0.4) is 0 Å². The first kappa shape index (κ1) is 34.0. The van der Waals surface area contributed by atoms with Crippen molar-refractivity contribution >= 4 is 46.9 Å². The predicted octanol–water partition coefficient (Wildman–Crippen LogP) is 3.68. The molecular weight excluding hydrogens is 633 g/mol. The average Bonchev–Trinajstić information content (AvgIpc) is 3.77. The molecule has 4 rings (SSSR count). The number of carbonyl (C=O) groups is 3. The van der Waals surface area contributed by atoms with E-state index in [1.165, 1.54) is 25.3 Å². The number of ether oxygens (including phenoxy) is 2. The summed E-state index contributed by atoms with van der Waals surface area (Å²) < 4.78 is 49.0. The number of amides is 3. The number of nitrogens with one attached hydrogen (secondary N) is 4. The number of hydrogen-bond acceptors (Lipinski definition) is 10. The van der Waals surface area contributed by atoms with Gasteiger partial charge in [-0.15, -0.1) is 0 Å². The van der Waals surface area contributed by atoms with E-state index in [1.807, 2.05) is 12.1 Å². The normalized spacial score (nSPS) is 13.7. The first-order valence-corrected chi connectivity index (χ1v) is 14.3. The number of nitrogens with zero attached hydrogens (tertiary/aromatic N) is 3. The maximum Gasteiger partial charge on any atom is 0.422 e. The van der Waals surface area contributed by atoms with E-state index in [0.29, 0.717) is 10.7 Å². The van der Waals surface area contributed by atoms with Gasteiger partial charge in [0.25, 0.3) is 5.91 Å². The van der Waals surface area contributed by atoms with E-state index in [0.717, 1.165) is 18.4 Å². The smallest absolute Gasteiger partial charge is 0.422 e. The van der Waals surface area contributed by atoms with E-state index in [9.17, 15) is 27.6 Å². The lowest BCUT2D eigenvalue weighted by atomic mass is 9.93. The molecular formula is C29H32ClF3N8O5. The molecule has 1 heterocycles. The number of anilines is 3.